The van der Waals surface area contributed by atoms with Gasteiger partial charge in [0.05, 0.1) is 25.3 Å². The SMILES string of the molecule is COc1ccc([C@@H](CNC(=O)Cc2csc(-c3ccccc3)n2)N2CCCCC2)cc1. The average molecular weight is 436 g/mol. The van der Waals surface area contributed by atoms with Crippen LogP contribution in [0.2, 0.25) is 0 Å². The van der Waals surface area contributed by atoms with E-state index in [9.17, 15) is 4.79 Å². The van der Waals surface area contributed by atoms with Crippen LogP contribution >= 0.6 is 11.3 Å². The summed E-state index contributed by atoms with van der Waals surface area (Å²) in [5.74, 6) is 0.864. The number of carbonyl (C=O) groups is 1. The Morgan fingerprint density at radius 3 is 2.55 bits per heavy atom. The predicted octanol–water partition coefficient (Wildman–Crippen LogP) is 4.70. The zero-order valence-corrected chi connectivity index (χ0v) is 18.7. The number of aromatic nitrogens is 1. The van der Waals surface area contributed by atoms with E-state index in [1.165, 1.54) is 24.8 Å². The fourth-order valence-electron chi connectivity index (χ4n) is 4.05. The minimum absolute atomic E-state index is 0.0143. The van der Waals surface area contributed by atoms with Gasteiger partial charge in [-0.05, 0) is 43.6 Å². The molecule has 162 valence electrons. The molecule has 2 aromatic carbocycles. The van der Waals surface area contributed by atoms with Gasteiger partial charge in [-0.3, -0.25) is 9.69 Å². The summed E-state index contributed by atoms with van der Waals surface area (Å²) in [6.45, 7) is 2.74. The molecule has 1 fully saturated rings. The number of hydrogen-bond acceptors (Lipinski definition) is 5. The van der Waals surface area contributed by atoms with Crippen molar-refractivity contribution in [3.63, 3.8) is 0 Å². The number of nitrogens with zero attached hydrogens (tertiary/aromatic N) is 2. The molecule has 0 aliphatic carbocycles. The number of thiazole rings is 1. The Kier molecular flexibility index (Phi) is 7.33. The topological polar surface area (TPSA) is 54.5 Å². The first-order valence-electron chi connectivity index (χ1n) is 10.9. The minimum Gasteiger partial charge on any atom is -0.497 e. The van der Waals surface area contributed by atoms with Gasteiger partial charge in [-0.25, -0.2) is 4.98 Å². The lowest BCUT2D eigenvalue weighted by molar-refractivity contribution is -0.120. The van der Waals surface area contributed by atoms with E-state index >= 15 is 0 Å². The van der Waals surface area contributed by atoms with Gasteiger partial charge >= 0.3 is 0 Å². The van der Waals surface area contributed by atoms with E-state index in [1.807, 2.05) is 47.8 Å². The molecule has 4 rings (SSSR count). The van der Waals surface area contributed by atoms with Crippen molar-refractivity contribution in [2.75, 3.05) is 26.7 Å². The summed E-state index contributed by atoms with van der Waals surface area (Å²) < 4.78 is 5.30. The van der Waals surface area contributed by atoms with Crippen molar-refractivity contribution in [2.45, 2.75) is 31.7 Å². The van der Waals surface area contributed by atoms with Crippen LogP contribution in [0.4, 0.5) is 0 Å². The molecule has 0 unspecified atom stereocenters. The van der Waals surface area contributed by atoms with Crippen LogP contribution in [-0.4, -0.2) is 42.5 Å². The Balaban J connectivity index is 1.39. The second kappa shape index (κ2) is 10.6. The number of methoxy groups -OCH3 is 1. The van der Waals surface area contributed by atoms with Crippen LogP contribution in [0, 0.1) is 0 Å². The molecule has 1 atom stereocenters. The zero-order valence-electron chi connectivity index (χ0n) is 17.9. The smallest absolute Gasteiger partial charge is 0.226 e. The number of nitrogens with one attached hydrogen (secondary N) is 1. The van der Waals surface area contributed by atoms with Crippen molar-refractivity contribution in [2.24, 2.45) is 0 Å². The van der Waals surface area contributed by atoms with E-state index in [2.05, 4.69) is 27.3 Å². The summed E-state index contributed by atoms with van der Waals surface area (Å²) >= 11 is 1.58. The molecular formula is C25H29N3O2S. The van der Waals surface area contributed by atoms with Gasteiger partial charge in [-0.1, -0.05) is 48.9 Å². The van der Waals surface area contributed by atoms with Crippen molar-refractivity contribution in [3.8, 4) is 16.3 Å². The Morgan fingerprint density at radius 2 is 1.84 bits per heavy atom. The molecule has 0 saturated carbocycles. The Hall–Kier alpha value is -2.70. The van der Waals surface area contributed by atoms with Crippen LogP contribution in [0.1, 0.15) is 36.6 Å². The molecule has 0 spiro atoms. The number of amides is 1. The third-order valence-corrected chi connectivity index (χ3v) is 6.68. The number of piperidine rings is 1. The van der Waals surface area contributed by atoms with Crippen molar-refractivity contribution in [3.05, 3.63) is 71.2 Å². The first-order valence-corrected chi connectivity index (χ1v) is 11.8. The normalized spacial score (nSPS) is 15.4. The quantitative estimate of drug-likeness (QED) is 0.557. The third-order valence-electron chi connectivity index (χ3n) is 5.74. The monoisotopic (exact) mass is 435 g/mol. The van der Waals surface area contributed by atoms with E-state index in [1.54, 1.807) is 18.4 Å². The first-order chi connectivity index (χ1) is 15.2. The Labute approximate surface area is 188 Å². The van der Waals surface area contributed by atoms with Gasteiger partial charge in [-0.15, -0.1) is 11.3 Å². The molecule has 0 bridgehead atoms. The lowest BCUT2D eigenvalue weighted by Gasteiger charge is -2.35. The van der Waals surface area contributed by atoms with Gasteiger partial charge in [-0.2, -0.15) is 0 Å². The van der Waals surface area contributed by atoms with E-state index in [4.69, 9.17) is 4.74 Å². The predicted molar refractivity (Wildman–Crippen MR) is 125 cm³/mol. The number of carbonyl (C=O) groups excluding carboxylic acids is 1. The summed E-state index contributed by atoms with van der Waals surface area (Å²) in [4.78, 5) is 19.8. The molecule has 2 heterocycles. The highest BCUT2D eigenvalue weighted by Crippen LogP contribution is 2.26. The van der Waals surface area contributed by atoms with Crippen molar-refractivity contribution in [1.29, 1.82) is 0 Å². The van der Waals surface area contributed by atoms with Crippen LogP contribution < -0.4 is 10.1 Å². The average Bonchev–Trinajstić information content (AvgIpc) is 3.29. The van der Waals surface area contributed by atoms with Crippen LogP contribution in [0.15, 0.2) is 60.0 Å². The van der Waals surface area contributed by atoms with Crippen molar-refractivity contribution < 1.29 is 9.53 Å². The van der Waals surface area contributed by atoms with Crippen LogP contribution in [-0.2, 0) is 11.2 Å². The van der Waals surface area contributed by atoms with E-state index in [0.717, 1.165) is 35.1 Å². The van der Waals surface area contributed by atoms with Crippen LogP contribution in [0.5, 0.6) is 5.75 Å². The maximum Gasteiger partial charge on any atom is 0.226 e. The number of ether oxygens (including phenoxy) is 1. The Bertz CT molecular complexity index is 966. The number of hydrogen-bond donors (Lipinski definition) is 1. The maximum absolute atomic E-state index is 12.7. The molecule has 6 heteroatoms. The van der Waals surface area contributed by atoms with E-state index in [0.29, 0.717) is 13.0 Å². The minimum atomic E-state index is 0.0143. The Morgan fingerprint density at radius 1 is 1.10 bits per heavy atom. The molecule has 1 N–H and O–H groups in total. The summed E-state index contributed by atoms with van der Waals surface area (Å²) in [6, 6.07) is 18.5. The van der Waals surface area contributed by atoms with Crippen molar-refractivity contribution in [1.82, 2.24) is 15.2 Å². The fourth-order valence-corrected chi connectivity index (χ4v) is 4.88. The molecule has 31 heavy (non-hydrogen) atoms. The molecule has 1 saturated heterocycles. The highest BCUT2D eigenvalue weighted by atomic mass is 32.1. The van der Waals surface area contributed by atoms with Crippen molar-refractivity contribution >= 4 is 17.2 Å². The maximum atomic E-state index is 12.7. The highest BCUT2D eigenvalue weighted by molar-refractivity contribution is 7.13. The lowest BCUT2D eigenvalue weighted by Crippen LogP contribution is -2.41. The zero-order chi connectivity index (χ0) is 21.5. The molecule has 1 amide bonds. The van der Waals surface area contributed by atoms with Gasteiger partial charge in [0.15, 0.2) is 0 Å². The standard InChI is InChI=1S/C25H29N3O2S/c1-30-22-12-10-19(11-13-22)23(28-14-6-3-7-15-28)17-26-24(29)16-21-18-31-25(27-21)20-8-4-2-5-9-20/h2,4-5,8-13,18,23H,3,6-7,14-17H2,1H3,(H,26,29)/t23-/m1/s1. The number of rotatable bonds is 8. The largest absolute Gasteiger partial charge is 0.497 e. The summed E-state index contributed by atoms with van der Waals surface area (Å²) in [6.07, 6.45) is 4.01. The molecular weight excluding hydrogens is 406 g/mol. The second-order valence-corrected chi connectivity index (χ2v) is 8.73. The molecule has 0 radical (unpaired) electrons. The molecule has 3 aromatic rings. The molecule has 5 nitrogen and oxygen atoms in total. The lowest BCUT2D eigenvalue weighted by atomic mass is 10.0. The summed E-state index contributed by atoms with van der Waals surface area (Å²) in [5.41, 5.74) is 3.12. The van der Waals surface area contributed by atoms with E-state index < -0.39 is 0 Å². The summed E-state index contributed by atoms with van der Waals surface area (Å²) in [5, 5.41) is 6.09. The molecule has 1 aliphatic heterocycles. The van der Waals surface area contributed by atoms with Gasteiger partial charge < -0.3 is 10.1 Å². The van der Waals surface area contributed by atoms with Crippen LogP contribution in [0.25, 0.3) is 10.6 Å². The van der Waals surface area contributed by atoms with Gasteiger partial charge in [0.1, 0.15) is 10.8 Å². The highest BCUT2D eigenvalue weighted by Gasteiger charge is 2.23. The fraction of sp³-hybridized carbons (Fsp3) is 0.360. The molecule has 1 aliphatic rings. The molecule has 1 aromatic heterocycles. The van der Waals surface area contributed by atoms with Gasteiger partial charge in [0.2, 0.25) is 5.91 Å². The third kappa shape index (κ3) is 5.71. The van der Waals surface area contributed by atoms with Gasteiger partial charge in [0, 0.05) is 17.5 Å². The number of likely N-dealkylation sites (tertiary alicyclic amines) is 1. The number of benzene rings is 2. The van der Waals surface area contributed by atoms with Crippen LogP contribution in [0.3, 0.4) is 0 Å². The summed E-state index contributed by atoms with van der Waals surface area (Å²) in [7, 11) is 1.68. The van der Waals surface area contributed by atoms with E-state index in [-0.39, 0.29) is 11.9 Å². The van der Waals surface area contributed by atoms with Gasteiger partial charge in [0.25, 0.3) is 0 Å². The first kappa shape index (κ1) is 21.5. The second-order valence-electron chi connectivity index (χ2n) is 7.88.